The molecular formula is C13H23N5O. The van der Waals surface area contributed by atoms with E-state index < -0.39 is 0 Å². The number of nitrogens with zero attached hydrogens (tertiary/aromatic N) is 3. The zero-order valence-corrected chi connectivity index (χ0v) is 11.9. The first-order valence-corrected chi connectivity index (χ1v) is 6.78. The molecule has 0 aromatic carbocycles. The smallest absolute Gasteiger partial charge is 0.222 e. The second-order valence-corrected chi connectivity index (χ2v) is 5.59. The number of anilines is 2. The van der Waals surface area contributed by atoms with E-state index in [4.69, 9.17) is 11.5 Å². The molecule has 0 saturated carbocycles. The van der Waals surface area contributed by atoms with E-state index in [1.54, 1.807) is 0 Å². The van der Waals surface area contributed by atoms with Gasteiger partial charge in [-0.15, -0.1) is 0 Å². The van der Waals surface area contributed by atoms with Gasteiger partial charge in [0.05, 0.1) is 17.3 Å². The van der Waals surface area contributed by atoms with Crippen molar-refractivity contribution < 1.29 is 4.79 Å². The number of nitrogen functional groups attached to an aromatic ring is 1. The monoisotopic (exact) mass is 265 g/mol. The van der Waals surface area contributed by atoms with Crippen molar-refractivity contribution in [2.45, 2.75) is 32.6 Å². The molecule has 1 amide bonds. The van der Waals surface area contributed by atoms with Crippen LogP contribution in [0.25, 0.3) is 0 Å². The fourth-order valence-corrected chi connectivity index (χ4v) is 2.75. The van der Waals surface area contributed by atoms with Gasteiger partial charge in [-0.1, -0.05) is 13.8 Å². The predicted molar refractivity (Wildman–Crippen MR) is 75.8 cm³/mol. The molecule has 1 fully saturated rings. The van der Waals surface area contributed by atoms with Gasteiger partial charge in [0.25, 0.3) is 0 Å². The van der Waals surface area contributed by atoms with Gasteiger partial charge in [0.1, 0.15) is 5.82 Å². The first-order valence-electron chi connectivity index (χ1n) is 6.78. The Morgan fingerprint density at radius 2 is 2.16 bits per heavy atom. The molecule has 4 N–H and O–H groups in total. The summed E-state index contributed by atoms with van der Waals surface area (Å²) < 4.78 is 1.81. The number of aromatic nitrogens is 2. The molecule has 106 valence electrons. The molecule has 0 radical (unpaired) electrons. The molecule has 0 aliphatic carbocycles. The van der Waals surface area contributed by atoms with Gasteiger partial charge in [0.2, 0.25) is 5.91 Å². The van der Waals surface area contributed by atoms with Crippen molar-refractivity contribution >= 4 is 17.4 Å². The van der Waals surface area contributed by atoms with Crippen molar-refractivity contribution in [1.82, 2.24) is 9.78 Å². The highest BCUT2D eigenvalue weighted by Crippen LogP contribution is 2.33. The minimum absolute atomic E-state index is 0.0921. The number of hydrogen-bond acceptors (Lipinski definition) is 4. The van der Waals surface area contributed by atoms with Gasteiger partial charge in [-0.2, -0.15) is 5.10 Å². The van der Waals surface area contributed by atoms with E-state index in [1.165, 1.54) is 0 Å². The molecule has 0 spiro atoms. The highest BCUT2D eigenvalue weighted by Gasteiger charge is 2.28. The summed E-state index contributed by atoms with van der Waals surface area (Å²) in [5.41, 5.74) is 13.3. The molecule has 19 heavy (non-hydrogen) atoms. The summed E-state index contributed by atoms with van der Waals surface area (Å²) in [6.07, 6.45) is 1.82. The fraction of sp³-hybridized carbons (Fsp3) is 0.692. The lowest BCUT2D eigenvalue weighted by Crippen LogP contribution is -2.42. The number of hydrogen-bond donors (Lipinski definition) is 2. The fourth-order valence-electron chi connectivity index (χ4n) is 2.75. The number of rotatable bonds is 3. The number of aryl methyl sites for hydroxylation is 1. The van der Waals surface area contributed by atoms with Crippen LogP contribution in [0.3, 0.4) is 0 Å². The number of nitrogens with two attached hydrogens (primary N) is 2. The Labute approximate surface area is 113 Å². The Bertz CT molecular complexity index is 480. The van der Waals surface area contributed by atoms with Crippen LogP contribution in [0, 0.1) is 5.92 Å². The number of primary amides is 1. The number of carbonyl (C=O) groups is 1. The Morgan fingerprint density at radius 3 is 2.68 bits per heavy atom. The van der Waals surface area contributed by atoms with Crippen LogP contribution in [0.2, 0.25) is 0 Å². The quantitative estimate of drug-likeness (QED) is 0.847. The maximum Gasteiger partial charge on any atom is 0.222 e. The van der Waals surface area contributed by atoms with Crippen LogP contribution in [0.5, 0.6) is 0 Å². The van der Waals surface area contributed by atoms with E-state index in [2.05, 4.69) is 23.8 Å². The molecule has 1 aliphatic rings. The van der Waals surface area contributed by atoms with E-state index in [1.807, 2.05) is 11.7 Å². The maximum absolute atomic E-state index is 11.4. The summed E-state index contributed by atoms with van der Waals surface area (Å²) in [5, 5.41) is 4.49. The van der Waals surface area contributed by atoms with Crippen LogP contribution in [0.1, 0.15) is 38.3 Å². The van der Waals surface area contributed by atoms with Crippen LogP contribution in [-0.2, 0) is 11.8 Å². The molecule has 1 saturated heterocycles. The van der Waals surface area contributed by atoms with Crippen molar-refractivity contribution in [1.29, 1.82) is 0 Å². The Balaban J connectivity index is 2.29. The molecule has 1 aromatic rings. The van der Waals surface area contributed by atoms with E-state index in [0.29, 0.717) is 6.54 Å². The second-order valence-electron chi connectivity index (χ2n) is 5.59. The molecule has 1 atom stereocenters. The summed E-state index contributed by atoms with van der Waals surface area (Å²) in [7, 11) is 1.89. The Morgan fingerprint density at radius 1 is 1.47 bits per heavy atom. The van der Waals surface area contributed by atoms with Gasteiger partial charge in [-0.25, -0.2) is 0 Å². The molecule has 0 bridgehead atoms. The van der Waals surface area contributed by atoms with Crippen molar-refractivity contribution in [3.63, 3.8) is 0 Å². The SMILES string of the molecule is CC(C)c1nn(C)c(N2CCCC(C(N)=O)C2)c1N. The minimum atomic E-state index is -0.227. The van der Waals surface area contributed by atoms with Gasteiger partial charge in [-0.05, 0) is 18.8 Å². The molecule has 6 nitrogen and oxygen atoms in total. The average Bonchev–Trinajstić information content (AvgIpc) is 2.65. The van der Waals surface area contributed by atoms with E-state index in [9.17, 15) is 4.79 Å². The van der Waals surface area contributed by atoms with Crippen molar-refractivity contribution in [3.05, 3.63) is 5.69 Å². The standard InChI is InChI=1S/C13H23N5O/c1-8(2)11-10(14)13(17(3)16-11)18-6-4-5-9(7-18)12(15)19/h8-9H,4-7,14H2,1-3H3,(H2,15,19). The molecule has 1 aromatic heterocycles. The number of carbonyl (C=O) groups excluding carboxylic acids is 1. The number of amides is 1. The van der Waals surface area contributed by atoms with E-state index in [-0.39, 0.29) is 17.7 Å². The summed E-state index contributed by atoms with van der Waals surface area (Å²) in [6.45, 7) is 5.68. The third-order valence-electron chi connectivity index (χ3n) is 3.75. The van der Waals surface area contributed by atoms with Crippen LogP contribution in [-0.4, -0.2) is 28.8 Å². The van der Waals surface area contributed by atoms with Crippen LogP contribution in [0.4, 0.5) is 11.5 Å². The van der Waals surface area contributed by atoms with Gasteiger partial charge in [0, 0.05) is 20.1 Å². The molecule has 1 aliphatic heterocycles. The zero-order chi connectivity index (χ0) is 14.2. The topological polar surface area (TPSA) is 90.2 Å². The lowest BCUT2D eigenvalue weighted by molar-refractivity contribution is -0.122. The lowest BCUT2D eigenvalue weighted by Gasteiger charge is -2.33. The second kappa shape index (κ2) is 5.11. The van der Waals surface area contributed by atoms with Crippen molar-refractivity contribution in [2.75, 3.05) is 23.7 Å². The highest BCUT2D eigenvalue weighted by atomic mass is 16.1. The van der Waals surface area contributed by atoms with Crippen LogP contribution in [0.15, 0.2) is 0 Å². The summed E-state index contributed by atoms with van der Waals surface area (Å²) in [5.74, 6) is 0.881. The molecule has 2 heterocycles. The van der Waals surface area contributed by atoms with E-state index >= 15 is 0 Å². The normalized spacial score (nSPS) is 20.0. The first-order chi connectivity index (χ1) is 8.91. The predicted octanol–water partition coefficient (Wildman–Crippen LogP) is 0.827. The highest BCUT2D eigenvalue weighted by molar-refractivity contribution is 5.78. The third kappa shape index (κ3) is 2.52. The Kier molecular flexibility index (Phi) is 3.68. The molecule has 2 rings (SSSR count). The summed E-state index contributed by atoms with van der Waals surface area (Å²) in [6, 6.07) is 0. The van der Waals surface area contributed by atoms with E-state index in [0.717, 1.165) is 36.6 Å². The maximum atomic E-state index is 11.4. The van der Waals surface area contributed by atoms with Crippen molar-refractivity contribution in [3.8, 4) is 0 Å². The molecule has 1 unspecified atom stereocenters. The van der Waals surface area contributed by atoms with Gasteiger partial charge >= 0.3 is 0 Å². The minimum Gasteiger partial charge on any atom is -0.394 e. The van der Waals surface area contributed by atoms with Crippen molar-refractivity contribution in [2.24, 2.45) is 18.7 Å². The first kappa shape index (κ1) is 13.7. The Hall–Kier alpha value is -1.72. The molecular weight excluding hydrogens is 242 g/mol. The van der Waals surface area contributed by atoms with Gasteiger partial charge in [0.15, 0.2) is 0 Å². The molecule has 6 heteroatoms. The van der Waals surface area contributed by atoms with Crippen LogP contribution < -0.4 is 16.4 Å². The van der Waals surface area contributed by atoms with Gasteiger partial charge in [-0.3, -0.25) is 9.48 Å². The van der Waals surface area contributed by atoms with Gasteiger partial charge < -0.3 is 16.4 Å². The summed E-state index contributed by atoms with van der Waals surface area (Å²) in [4.78, 5) is 13.5. The zero-order valence-electron chi connectivity index (χ0n) is 11.9. The third-order valence-corrected chi connectivity index (χ3v) is 3.75. The average molecular weight is 265 g/mol. The largest absolute Gasteiger partial charge is 0.394 e. The summed E-state index contributed by atoms with van der Waals surface area (Å²) >= 11 is 0. The number of piperidine rings is 1. The van der Waals surface area contributed by atoms with Crippen LogP contribution >= 0.6 is 0 Å². The lowest BCUT2D eigenvalue weighted by atomic mass is 9.97.